The summed E-state index contributed by atoms with van der Waals surface area (Å²) in [6.45, 7) is 2.25. The van der Waals surface area contributed by atoms with Crippen molar-refractivity contribution in [1.82, 2.24) is 0 Å². The van der Waals surface area contributed by atoms with Gasteiger partial charge in [-0.3, -0.25) is 0 Å². The quantitative estimate of drug-likeness (QED) is 0.421. The Bertz CT molecular complexity index is 716. The lowest BCUT2D eigenvalue weighted by molar-refractivity contribution is 0.166. The monoisotopic (exact) mass is 390 g/mol. The summed E-state index contributed by atoms with van der Waals surface area (Å²) in [4.78, 5) is 0. The van der Waals surface area contributed by atoms with Crippen molar-refractivity contribution < 1.29 is 17.9 Å². The topological polar surface area (TPSA) is 9.23 Å². The van der Waals surface area contributed by atoms with Gasteiger partial charge in [0.2, 0.25) is 0 Å². The molecule has 1 aliphatic rings. The number of hydrogen-bond donors (Lipinski definition) is 0. The smallest absolute Gasteiger partial charge is 0.194 e. The molecule has 2 aromatic rings. The van der Waals surface area contributed by atoms with Gasteiger partial charge in [0.05, 0.1) is 0 Å². The molecular formula is C24H29F3O. The van der Waals surface area contributed by atoms with Crippen LogP contribution in [-0.2, 0) is 0 Å². The van der Waals surface area contributed by atoms with E-state index in [1.54, 1.807) is 0 Å². The number of halogens is 3. The normalized spacial score (nSPS) is 20.7. The molecule has 0 radical (unpaired) electrons. The second-order valence-electron chi connectivity index (χ2n) is 7.97. The van der Waals surface area contributed by atoms with Gasteiger partial charge < -0.3 is 4.74 Å². The van der Waals surface area contributed by atoms with Gasteiger partial charge in [-0.2, -0.15) is 0 Å². The largest absolute Gasteiger partial charge is 0.486 e. The molecule has 0 bridgehead atoms. The molecule has 0 aromatic heterocycles. The lowest BCUT2D eigenvalue weighted by Crippen LogP contribution is -2.16. The van der Waals surface area contributed by atoms with Gasteiger partial charge in [-0.05, 0) is 30.2 Å². The van der Waals surface area contributed by atoms with Crippen LogP contribution in [0.3, 0.4) is 0 Å². The molecule has 1 saturated carbocycles. The summed E-state index contributed by atoms with van der Waals surface area (Å²) in [5.74, 6) is -2.35. The molecular weight excluding hydrogens is 361 g/mol. The minimum Gasteiger partial charge on any atom is -0.486 e. The van der Waals surface area contributed by atoms with Crippen molar-refractivity contribution in [3.63, 3.8) is 0 Å². The van der Waals surface area contributed by atoms with Gasteiger partial charge >= 0.3 is 0 Å². The molecule has 0 spiro atoms. The van der Waals surface area contributed by atoms with Crippen LogP contribution in [0.15, 0.2) is 42.5 Å². The molecule has 0 saturated heterocycles. The first kappa shape index (κ1) is 20.8. The third-order valence-corrected chi connectivity index (χ3v) is 5.91. The van der Waals surface area contributed by atoms with E-state index < -0.39 is 17.5 Å². The molecule has 0 heterocycles. The molecule has 0 N–H and O–H groups in total. The van der Waals surface area contributed by atoms with Crippen LogP contribution in [0.25, 0.3) is 0 Å². The second-order valence-corrected chi connectivity index (χ2v) is 7.97. The fourth-order valence-electron chi connectivity index (χ4n) is 4.33. The average molecular weight is 390 g/mol. The fourth-order valence-corrected chi connectivity index (χ4v) is 4.33. The van der Waals surface area contributed by atoms with E-state index in [2.05, 4.69) is 6.92 Å². The van der Waals surface area contributed by atoms with Gasteiger partial charge in [0.25, 0.3) is 0 Å². The van der Waals surface area contributed by atoms with E-state index in [1.807, 2.05) is 30.3 Å². The highest BCUT2D eigenvalue weighted by Gasteiger charge is 2.23. The Morgan fingerprint density at radius 2 is 1.46 bits per heavy atom. The van der Waals surface area contributed by atoms with Crippen LogP contribution < -0.4 is 4.74 Å². The van der Waals surface area contributed by atoms with E-state index in [9.17, 15) is 13.2 Å². The van der Waals surface area contributed by atoms with Gasteiger partial charge in [0, 0.05) is 12.1 Å². The first-order valence-corrected chi connectivity index (χ1v) is 10.4. The first-order chi connectivity index (χ1) is 13.6. The maximum atomic E-state index is 13.6. The number of hydrogen-bond acceptors (Lipinski definition) is 1. The lowest BCUT2D eigenvalue weighted by atomic mass is 9.78. The SMILES string of the molecule is CCCC1CCC(CCC(Oc2cc(F)c(F)c(F)c2)c2ccccc2)CC1. The summed E-state index contributed by atoms with van der Waals surface area (Å²) in [6, 6.07) is 11.5. The van der Waals surface area contributed by atoms with Crippen LogP contribution in [0.1, 0.15) is 70.0 Å². The van der Waals surface area contributed by atoms with Crippen molar-refractivity contribution in [3.8, 4) is 5.75 Å². The van der Waals surface area contributed by atoms with E-state index in [1.165, 1.54) is 38.5 Å². The molecule has 2 aromatic carbocycles. The molecule has 1 unspecified atom stereocenters. The number of rotatable bonds is 8. The predicted molar refractivity (Wildman–Crippen MR) is 106 cm³/mol. The van der Waals surface area contributed by atoms with E-state index in [-0.39, 0.29) is 11.9 Å². The van der Waals surface area contributed by atoms with Crippen molar-refractivity contribution in [1.29, 1.82) is 0 Å². The zero-order chi connectivity index (χ0) is 19.9. The summed E-state index contributed by atoms with van der Waals surface area (Å²) < 4.78 is 46.3. The van der Waals surface area contributed by atoms with E-state index in [0.717, 1.165) is 36.5 Å². The predicted octanol–water partition coefficient (Wildman–Crippen LogP) is 7.61. The fraction of sp³-hybridized carbons (Fsp3) is 0.500. The Morgan fingerprint density at radius 3 is 2.04 bits per heavy atom. The van der Waals surface area contributed by atoms with Crippen LogP contribution in [-0.4, -0.2) is 0 Å². The Kier molecular flexibility index (Phi) is 7.41. The second kappa shape index (κ2) is 9.99. The average Bonchev–Trinajstić information content (AvgIpc) is 2.71. The molecule has 1 atom stereocenters. The van der Waals surface area contributed by atoms with Crippen LogP contribution in [0, 0.1) is 29.3 Å². The van der Waals surface area contributed by atoms with E-state index in [4.69, 9.17) is 4.74 Å². The molecule has 0 amide bonds. The molecule has 28 heavy (non-hydrogen) atoms. The molecule has 1 aliphatic carbocycles. The minimum absolute atomic E-state index is 0.0249. The van der Waals surface area contributed by atoms with Gasteiger partial charge in [-0.25, -0.2) is 13.2 Å². The standard InChI is InChI=1S/C24H29F3O/c1-2-6-17-9-11-18(12-10-17)13-14-23(19-7-4-3-5-8-19)28-20-15-21(25)24(27)22(26)16-20/h3-5,7-8,15-18,23H,2,6,9-14H2,1H3. The van der Waals surface area contributed by atoms with Crippen LogP contribution in [0.5, 0.6) is 5.75 Å². The van der Waals surface area contributed by atoms with Crippen LogP contribution >= 0.6 is 0 Å². The maximum absolute atomic E-state index is 13.6. The Hall–Kier alpha value is -1.97. The summed E-state index contributed by atoms with van der Waals surface area (Å²) in [7, 11) is 0. The van der Waals surface area contributed by atoms with Crippen molar-refractivity contribution in [3.05, 3.63) is 65.5 Å². The van der Waals surface area contributed by atoms with E-state index >= 15 is 0 Å². The molecule has 152 valence electrons. The molecule has 1 nitrogen and oxygen atoms in total. The molecule has 0 aliphatic heterocycles. The van der Waals surface area contributed by atoms with Gasteiger partial charge in [-0.1, -0.05) is 75.8 Å². The highest BCUT2D eigenvalue weighted by atomic mass is 19.2. The van der Waals surface area contributed by atoms with Crippen LogP contribution in [0.4, 0.5) is 13.2 Å². The Balaban J connectivity index is 1.65. The lowest BCUT2D eigenvalue weighted by Gasteiger charge is -2.29. The summed E-state index contributed by atoms with van der Waals surface area (Å²) in [6.07, 6.45) is 9.14. The number of ether oxygens (including phenoxy) is 1. The molecule has 4 heteroatoms. The third-order valence-electron chi connectivity index (χ3n) is 5.91. The zero-order valence-corrected chi connectivity index (χ0v) is 16.5. The van der Waals surface area contributed by atoms with Gasteiger partial charge in [0.1, 0.15) is 11.9 Å². The highest BCUT2D eigenvalue weighted by Crippen LogP contribution is 2.36. The van der Waals surface area contributed by atoms with Crippen LogP contribution in [0.2, 0.25) is 0 Å². The third kappa shape index (κ3) is 5.52. The zero-order valence-electron chi connectivity index (χ0n) is 16.5. The maximum Gasteiger partial charge on any atom is 0.194 e. The van der Waals surface area contributed by atoms with Gasteiger partial charge in [-0.15, -0.1) is 0 Å². The van der Waals surface area contributed by atoms with Crippen molar-refractivity contribution >= 4 is 0 Å². The van der Waals surface area contributed by atoms with Crippen molar-refractivity contribution in [2.45, 2.75) is 64.4 Å². The van der Waals surface area contributed by atoms with Gasteiger partial charge in [0.15, 0.2) is 17.5 Å². The first-order valence-electron chi connectivity index (χ1n) is 10.4. The molecule has 3 rings (SSSR count). The Labute approximate surface area is 165 Å². The minimum atomic E-state index is -1.47. The molecule has 1 fully saturated rings. The number of benzene rings is 2. The summed E-state index contributed by atoms with van der Waals surface area (Å²) in [5, 5.41) is 0. The summed E-state index contributed by atoms with van der Waals surface area (Å²) in [5.41, 5.74) is 0.965. The van der Waals surface area contributed by atoms with Crippen molar-refractivity contribution in [2.75, 3.05) is 0 Å². The summed E-state index contributed by atoms with van der Waals surface area (Å²) >= 11 is 0. The van der Waals surface area contributed by atoms with E-state index in [0.29, 0.717) is 5.92 Å². The van der Waals surface area contributed by atoms with Crippen molar-refractivity contribution in [2.24, 2.45) is 11.8 Å². The highest BCUT2D eigenvalue weighted by molar-refractivity contribution is 5.27. The Morgan fingerprint density at radius 1 is 0.893 bits per heavy atom.